The molecule has 0 amide bonds. The van der Waals surface area contributed by atoms with E-state index in [-0.39, 0.29) is 5.75 Å². The molecule has 1 aromatic carbocycles. The van der Waals surface area contributed by atoms with E-state index in [0.717, 1.165) is 4.47 Å². The Bertz CT molecular complexity index is 317. The first-order valence-corrected chi connectivity index (χ1v) is 4.88. The van der Waals surface area contributed by atoms with Crippen LogP contribution in [0.5, 0.6) is 5.75 Å². The van der Waals surface area contributed by atoms with Crippen molar-refractivity contribution in [3.63, 3.8) is 0 Å². The van der Waals surface area contributed by atoms with Gasteiger partial charge in [0.2, 0.25) is 0 Å². The number of phenolic OH excluding ortho intramolecular Hbond substituents is 1. The van der Waals surface area contributed by atoms with Crippen LogP contribution in [0, 0.1) is 0 Å². The summed E-state index contributed by atoms with van der Waals surface area (Å²) in [5, 5.41) is 8.87. The van der Waals surface area contributed by atoms with E-state index in [1.807, 2.05) is 24.3 Å². The molecule has 0 aliphatic rings. The van der Waals surface area contributed by atoms with E-state index in [2.05, 4.69) is 20.9 Å². The number of nitrogens with zero attached hydrogens (tertiary/aromatic N) is 1. The van der Waals surface area contributed by atoms with Crippen molar-refractivity contribution in [2.24, 2.45) is 0 Å². The van der Waals surface area contributed by atoms with Crippen molar-refractivity contribution in [3.8, 4) is 5.75 Å². The van der Waals surface area contributed by atoms with Crippen LogP contribution < -0.4 is 0 Å². The van der Waals surface area contributed by atoms with Crippen LogP contribution >= 0.6 is 15.9 Å². The second-order valence-corrected chi connectivity index (χ2v) is 3.33. The van der Waals surface area contributed by atoms with E-state index in [1.165, 1.54) is 0 Å². The summed E-state index contributed by atoms with van der Waals surface area (Å²) in [6.45, 7) is 0. The predicted octanol–water partition coefficient (Wildman–Crippen LogP) is 3.24. The highest BCUT2D eigenvalue weighted by Crippen LogP contribution is 2.21. The first kappa shape index (κ1) is 10.7. The summed E-state index contributed by atoms with van der Waals surface area (Å²) in [6.07, 6.45) is 3.50. The number of aromatic hydroxyl groups is 1. The average Bonchev–Trinajstić information content (AvgIpc) is 2.26. The Labute approximate surface area is 91.4 Å². The molecule has 0 atom stereocenters. The lowest BCUT2D eigenvalue weighted by Gasteiger charge is -1.90. The van der Waals surface area contributed by atoms with Gasteiger partial charge in [-0.15, -0.1) is 0 Å². The Morgan fingerprint density at radius 2 is 1.57 bits per heavy atom. The number of para-hydroxylation sites is 1. The zero-order valence-corrected chi connectivity index (χ0v) is 9.05. The van der Waals surface area contributed by atoms with E-state index in [1.54, 1.807) is 30.6 Å². The number of benzene rings is 1. The maximum atomic E-state index is 8.87. The summed E-state index contributed by atoms with van der Waals surface area (Å²) in [5.74, 6) is 0.285. The topological polar surface area (TPSA) is 33.1 Å². The lowest BCUT2D eigenvalue weighted by molar-refractivity contribution is 0.472. The maximum Gasteiger partial charge on any atom is 0.129 e. The Hall–Kier alpha value is -1.35. The monoisotopic (exact) mass is 251 g/mol. The summed E-state index contributed by atoms with van der Waals surface area (Å²) < 4.78 is 0.736. The van der Waals surface area contributed by atoms with Crippen molar-refractivity contribution in [1.29, 1.82) is 0 Å². The van der Waals surface area contributed by atoms with Crippen LogP contribution in [0.2, 0.25) is 0 Å². The molecule has 2 aromatic rings. The third kappa shape index (κ3) is 4.05. The summed E-state index contributed by atoms with van der Waals surface area (Å²) in [6, 6.07) is 12.8. The summed E-state index contributed by atoms with van der Waals surface area (Å²) in [4.78, 5) is 3.78. The summed E-state index contributed by atoms with van der Waals surface area (Å²) in [5.41, 5.74) is 0. The Morgan fingerprint density at radius 3 is 1.86 bits per heavy atom. The largest absolute Gasteiger partial charge is 0.507 e. The van der Waals surface area contributed by atoms with Crippen LogP contribution in [0.15, 0.2) is 59.3 Å². The number of pyridine rings is 1. The van der Waals surface area contributed by atoms with Crippen LogP contribution in [0.3, 0.4) is 0 Å². The molecule has 0 spiro atoms. The minimum absolute atomic E-state index is 0.285. The molecule has 1 N–H and O–H groups in total. The van der Waals surface area contributed by atoms with Gasteiger partial charge < -0.3 is 5.11 Å². The molecule has 0 radical (unpaired) electrons. The first-order valence-electron chi connectivity index (χ1n) is 4.09. The van der Waals surface area contributed by atoms with Crippen LogP contribution in [0.4, 0.5) is 0 Å². The van der Waals surface area contributed by atoms with E-state index >= 15 is 0 Å². The van der Waals surface area contributed by atoms with E-state index < -0.39 is 0 Å². The van der Waals surface area contributed by atoms with Crippen molar-refractivity contribution in [3.05, 3.63) is 59.3 Å². The highest BCUT2D eigenvalue weighted by molar-refractivity contribution is 9.10. The van der Waals surface area contributed by atoms with Gasteiger partial charge in [-0.1, -0.05) is 18.2 Å². The van der Waals surface area contributed by atoms with Gasteiger partial charge >= 0.3 is 0 Å². The SMILES string of the molecule is Oc1ccccc1Br.c1ccncc1. The first-order chi connectivity index (χ1) is 6.80. The molecule has 0 unspecified atom stereocenters. The molecule has 2 nitrogen and oxygen atoms in total. The average molecular weight is 252 g/mol. The quantitative estimate of drug-likeness (QED) is 0.780. The molecule has 0 bridgehead atoms. The fraction of sp³-hybridized carbons (Fsp3) is 0. The second-order valence-electron chi connectivity index (χ2n) is 2.48. The van der Waals surface area contributed by atoms with Gasteiger partial charge in [0.05, 0.1) is 4.47 Å². The van der Waals surface area contributed by atoms with Gasteiger partial charge in [-0.3, -0.25) is 4.98 Å². The van der Waals surface area contributed by atoms with Gasteiger partial charge in [-0.2, -0.15) is 0 Å². The highest BCUT2D eigenvalue weighted by atomic mass is 79.9. The van der Waals surface area contributed by atoms with Crippen LogP contribution in [0.1, 0.15) is 0 Å². The van der Waals surface area contributed by atoms with Crippen molar-refractivity contribution < 1.29 is 5.11 Å². The summed E-state index contributed by atoms with van der Waals surface area (Å²) >= 11 is 3.15. The van der Waals surface area contributed by atoms with E-state index in [9.17, 15) is 0 Å². The summed E-state index contributed by atoms with van der Waals surface area (Å²) in [7, 11) is 0. The highest BCUT2D eigenvalue weighted by Gasteiger charge is 1.89. The minimum Gasteiger partial charge on any atom is -0.507 e. The molecular formula is C11H10BrNO. The molecule has 2 rings (SSSR count). The Morgan fingerprint density at radius 1 is 0.929 bits per heavy atom. The normalized spacial score (nSPS) is 8.64. The molecule has 3 heteroatoms. The van der Waals surface area contributed by atoms with Crippen molar-refractivity contribution in [2.45, 2.75) is 0 Å². The maximum absolute atomic E-state index is 8.87. The fourth-order valence-electron chi connectivity index (χ4n) is 0.764. The zero-order valence-electron chi connectivity index (χ0n) is 7.47. The standard InChI is InChI=1S/C6H5BrO.C5H5N/c7-5-3-1-2-4-6(5)8;1-2-4-6-5-3-1/h1-4,8H;1-5H. The van der Waals surface area contributed by atoms with Crippen LogP contribution in [-0.4, -0.2) is 10.1 Å². The number of aromatic nitrogens is 1. The lowest BCUT2D eigenvalue weighted by atomic mass is 10.3. The van der Waals surface area contributed by atoms with Crippen molar-refractivity contribution >= 4 is 15.9 Å². The van der Waals surface area contributed by atoms with E-state index in [4.69, 9.17) is 5.11 Å². The second kappa shape index (κ2) is 6.16. The van der Waals surface area contributed by atoms with Gasteiger partial charge in [0.25, 0.3) is 0 Å². The van der Waals surface area contributed by atoms with Gasteiger partial charge in [0, 0.05) is 12.4 Å². The van der Waals surface area contributed by atoms with Crippen molar-refractivity contribution in [2.75, 3.05) is 0 Å². The Balaban J connectivity index is 0.000000146. The molecule has 0 aliphatic carbocycles. The molecule has 1 heterocycles. The number of hydrogen-bond acceptors (Lipinski definition) is 2. The minimum atomic E-state index is 0.285. The molecule has 0 saturated heterocycles. The molecule has 1 aromatic heterocycles. The zero-order chi connectivity index (χ0) is 10.2. The number of hydrogen-bond donors (Lipinski definition) is 1. The third-order valence-electron chi connectivity index (χ3n) is 1.42. The number of rotatable bonds is 0. The van der Waals surface area contributed by atoms with Gasteiger partial charge in [0.1, 0.15) is 5.75 Å². The molecule has 0 saturated carbocycles. The predicted molar refractivity (Wildman–Crippen MR) is 60.0 cm³/mol. The van der Waals surface area contributed by atoms with Crippen molar-refractivity contribution in [1.82, 2.24) is 4.98 Å². The molecular weight excluding hydrogens is 242 g/mol. The van der Waals surface area contributed by atoms with Crippen LogP contribution in [-0.2, 0) is 0 Å². The smallest absolute Gasteiger partial charge is 0.129 e. The molecule has 0 aliphatic heterocycles. The number of halogens is 1. The molecule has 0 fully saturated rings. The lowest BCUT2D eigenvalue weighted by Crippen LogP contribution is -1.63. The van der Waals surface area contributed by atoms with Gasteiger partial charge in [0.15, 0.2) is 0 Å². The third-order valence-corrected chi connectivity index (χ3v) is 2.09. The van der Waals surface area contributed by atoms with E-state index in [0.29, 0.717) is 0 Å². The Kier molecular flexibility index (Phi) is 4.72. The van der Waals surface area contributed by atoms with Gasteiger partial charge in [-0.05, 0) is 40.2 Å². The number of phenols is 1. The molecule has 72 valence electrons. The molecule has 14 heavy (non-hydrogen) atoms. The van der Waals surface area contributed by atoms with Gasteiger partial charge in [-0.25, -0.2) is 0 Å². The van der Waals surface area contributed by atoms with Crippen LogP contribution in [0.25, 0.3) is 0 Å². The fourth-order valence-corrected chi connectivity index (χ4v) is 1.05.